The van der Waals surface area contributed by atoms with Gasteiger partial charge in [-0.05, 0) is 48.2 Å². The molecular formula is C27H22N2O4S. The number of non-ortho nitro benzene ring substituents is 1. The molecule has 1 N–H and O–H groups in total. The second-order valence-electron chi connectivity index (χ2n) is 7.36. The SMILES string of the molecule is CCOC(=O)c1cc(-c2ccccc2)c(NSc2cccc([N+](=O)[O-])c2)c(-c2ccccc2)c1. The van der Waals surface area contributed by atoms with E-state index < -0.39 is 10.9 Å². The fourth-order valence-electron chi connectivity index (χ4n) is 3.55. The number of carbonyl (C=O) groups excluding carboxylic acids is 1. The number of nitrogens with one attached hydrogen (secondary N) is 1. The Morgan fingerprint density at radius 3 is 2.00 bits per heavy atom. The third-order valence-corrected chi connectivity index (χ3v) is 5.91. The summed E-state index contributed by atoms with van der Waals surface area (Å²) in [7, 11) is 0. The van der Waals surface area contributed by atoms with Crippen LogP contribution in [0.15, 0.2) is 102 Å². The van der Waals surface area contributed by atoms with Crippen molar-refractivity contribution in [2.24, 2.45) is 0 Å². The summed E-state index contributed by atoms with van der Waals surface area (Å²) in [5.41, 5.74) is 4.76. The highest BCUT2D eigenvalue weighted by atomic mass is 32.2. The van der Waals surface area contributed by atoms with E-state index in [2.05, 4.69) is 4.72 Å². The van der Waals surface area contributed by atoms with Crippen LogP contribution in [0.3, 0.4) is 0 Å². The molecule has 4 aromatic rings. The van der Waals surface area contributed by atoms with Gasteiger partial charge in [-0.1, -0.05) is 66.7 Å². The Kier molecular flexibility index (Phi) is 7.25. The third-order valence-electron chi connectivity index (χ3n) is 5.12. The van der Waals surface area contributed by atoms with Crippen LogP contribution in [-0.4, -0.2) is 17.5 Å². The molecule has 170 valence electrons. The molecule has 0 spiro atoms. The minimum Gasteiger partial charge on any atom is -0.462 e. The summed E-state index contributed by atoms with van der Waals surface area (Å²) in [6.45, 7) is 2.06. The Hall–Kier alpha value is -4.10. The van der Waals surface area contributed by atoms with E-state index in [-0.39, 0.29) is 12.3 Å². The normalized spacial score (nSPS) is 10.5. The smallest absolute Gasteiger partial charge is 0.338 e. The Morgan fingerprint density at radius 1 is 0.882 bits per heavy atom. The van der Waals surface area contributed by atoms with Crippen LogP contribution in [-0.2, 0) is 4.74 Å². The first-order chi connectivity index (χ1) is 16.6. The van der Waals surface area contributed by atoms with Gasteiger partial charge in [0.15, 0.2) is 0 Å². The molecule has 0 radical (unpaired) electrons. The minimum absolute atomic E-state index is 0.0241. The van der Waals surface area contributed by atoms with Crippen molar-refractivity contribution in [2.45, 2.75) is 11.8 Å². The molecule has 0 saturated carbocycles. The van der Waals surface area contributed by atoms with E-state index in [0.29, 0.717) is 10.5 Å². The number of nitro benzene ring substituents is 1. The number of benzene rings is 4. The van der Waals surface area contributed by atoms with E-state index in [0.717, 1.165) is 27.9 Å². The predicted octanol–water partition coefficient (Wildman–Crippen LogP) is 7.22. The molecule has 0 bridgehead atoms. The van der Waals surface area contributed by atoms with Gasteiger partial charge in [-0.3, -0.25) is 10.1 Å². The molecular weight excluding hydrogens is 448 g/mol. The molecule has 4 aromatic carbocycles. The number of hydrogen-bond donors (Lipinski definition) is 1. The number of ether oxygens (including phenoxy) is 1. The monoisotopic (exact) mass is 470 g/mol. The van der Waals surface area contributed by atoms with Crippen LogP contribution in [0.5, 0.6) is 0 Å². The van der Waals surface area contributed by atoms with E-state index >= 15 is 0 Å². The van der Waals surface area contributed by atoms with E-state index in [9.17, 15) is 14.9 Å². The summed E-state index contributed by atoms with van der Waals surface area (Å²) in [6.07, 6.45) is 0. The summed E-state index contributed by atoms with van der Waals surface area (Å²) in [6, 6.07) is 29.6. The first-order valence-corrected chi connectivity index (χ1v) is 11.5. The summed E-state index contributed by atoms with van der Waals surface area (Å²) >= 11 is 1.28. The lowest BCUT2D eigenvalue weighted by Gasteiger charge is -2.19. The highest BCUT2D eigenvalue weighted by molar-refractivity contribution is 8.00. The lowest BCUT2D eigenvalue weighted by molar-refractivity contribution is -0.385. The van der Waals surface area contributed by atoms with Crippen LogP contribution in [0.2, 0.25) is 0 Å². The summed E-state index contributed by atoms with van der Waals surface area (Å²) in [4.78, 5) is 24.2. The summed E-state index contributed by atoms with van der Waals surface area (Å²) in [5, 5.41) is 11.2. The molecule has 6 nitrogen and oxygen atoms in total. The molecule has 0 atom stereocenters. The van der Waals surface area contributed by atoms with Gasteiger partial charge < -0.3 is 9.46 Å². The highest BCUT2D eigenvalue weighted by Crippen LogP contribution is 2.41. The molecule has 0 aliphatic carbocycles. The van der Waals surface area contributed by atoms with Crippen LogP contribution in [0.1, 0.15) is 17.3 Å². The first-order valence-electron chi connectivity index (χ1n) is 10.7. The average Bonchev–Trinajstić information content (AvgIpc) is 2.88. The van der Waals surface area contributed by atoms with Crippen molar-refractivity contribution in [3.05, 3.63) is 113 Å². The lowest BCUT2D eigenvalue weighted by atomic mass is 9.93. The number of nitrogens with zero attached hydrogens (tertiary/aromatic N) is 1. The van der Waals surface area contributed by atoms with E-state index in [1.807, 2.05) is 78.9 Å². The molecule has 0 unspecified atom stereocenters. The van der Waals surface area contributed by atoms with Gasteiger partial charge in [0.2, 0.25) is 0 Å². The fourth-order valence-corrected chi connectivity index (χ4v) is 4.31. The predicted molar refractivity (Wildman–Crippen MR) is 136 cm³/mol. The van der Waals surface area contributed by atoms with Gasteiger partial charge in [-0.2, -0.15) is 0 Å². The van der Waals surface area contributed by atoms with Crippen molar-refractivity contribution >= 4 is 29.3 Å². The Balaban J connectivity index is 1.86. The molecule has 0 heterocycles. The van der Waals surface area contributed by atoms with Gasteiger partial charge in [0.25, 0.3) is 5.69 Å². The quantitative estimate of drug-likeness (QED) is 0.127. The van der Waals surface area contributed by atoms with Crippen LogP contribution >= 0.6 is 11.9 Å². The molecule has 0 aliphatic rings. The fraction of sp³-hybridized carbons (Fsp3) is 0.0741. The van der Waals surface area contributed by atoms with Crippen LogP contribution in [0, 0.1) is 10.1 Å². The molecule has 0 fully saturated rings. The molecule has 7 heteroatoms. The molecule has 0 aromatic heterocycles. The van der Waals surface area contributed by atoms with Gasteiger partial charge in [-0.25, -0.2) is 4.79 Å². The van der Waals surface area contributed by atoms with E-state index in [4.69, 9.17) is 4.74 Å². The van der Waals surface area contributed by atoms with Crippen LogP contribution in [0.25, 0.3) is 22.3 Å². The minimum atomic E-state index is -0.414. The Morgan fingerprint density at radius 2 is 1.47 bits per heavy atom. The maximum absolute atomic E-state index is 12.7. The molecule has 4 rings (SSSR count). The second-order valence-corrected chi connectivity index (χ2v) is 8.24. The molecule has 0 saturated heterocycles. The number of esters is 1. The average molecular weight is 471 g/mol. The van der Waals surface area contributed by atoms with Crippen molar-refractivity contribution in [3.63, 3.8) is 0 Å². The number of rotatable bonds is 8. The second kappa shape index (κ2) is 10.7. The number of nitro groups is 1. The van der Waals surface area contributed by atoms with Crippen molar-refractivity contribution in [1.29, 1.82) is 0 Å². The van der Waals surface area contributed by atoms with Gasteiger partial charge >= 0.3 is 5.97 Å². The first kappa shape index (κ1) is 23.1. The van der Waals surface area contributed by atoms with E-state index in [1.54, 1.807) is 13.0 Å². The molecule has 0 aliphatic heterocycles. The summed E-state index contributed by atoms with van der Waals surface area (Å²) in [5.74, 6) is -0.394. The lowest BCUT2D eigenvalue weighted by Crippen LogP contribution is -2.06. The largest absolute Gasteiger partial charge is 0.462 e. The zero-order valence-corrected chi connectivity index (χ0v) is 19.2. The standard InChI is InChI=1S/C27H22N2O4S/c1-2-33-27(30)21-16-24(19-10-5-3-6-11-19)26(25(17-21)20-12-7-4-8-13-20)28-34-23-15-9-14-22(18-23)29(31)32/h3-18,28H,2H2,1H3. The van der Waals surface area contributed by atoms with E-state index in [1.165, 1.54) is 24.1 Å². The van der Waals surface area contributed by atoms with Gasteiger partial charge in [0.05, 0.1) is 22.8 Å². The topological polar surface area (TPSA) is 81.5 Å². The Labute approximate surface area is 201 Å². The van der Waals surface area contributed by atoms with Gasteiger partial charge in [0, 0.05) is 28.2 Å². The number of hydrogen-bond acceptors (Lipinski definition) is 6. The third kappa shape index (κ3) is 5.27. The van der Waals surface area contributed by atoms with Crippen LogP contribution in [0.4, 0.5) is 11.4 Å². The van der Waals surface area contributed by atoms with Gasteiger partial charge in [0.1, 0.15) is 0 Å². The zero-order valence-electron chi connectivity index (χ0n) is 18.4. The summed E-state index contributed by atoms with van der Waals surface area (Å²) < 4.78 is 8.69. The molecule has 0 amide bonds. The van der Waals surface area contributed by atoms with Crippen molar-refractivity contribution in [2.75, 3.05) is 11.3 Å². The maximum Gasteiger partial charge on any atom is 0.338 e. The Bertz CT molecular complexity index is 1250. The highest BCUT2D eigenvalue weighted by Gasteiger charge is 2.19. The van der Waals surface area contributed by atoms with Gasteiger partial charge in [-0.15, -0.1) is 0 Å². The van der Waals surface area contributed by atoms with Crippen LogP contribution < -0.4 is 4.72 Å². The van der Waals surface area contributed by atoms with Crippen molar-refractivity contribution in [3.8, 4) is 22.3 Å². The zero-order chi connectivity index (χ0) is 23.9. The number of carbonyl (C=O) groups is 1. The van der Waals surface area contributed by atoms with Crippen molar-refractivity contribution in [1.82, 2.24) is 0 Å². The molecule has 34 heavy (non-hydrogen) atoms. The number of anilines is 1. The maximum atomic E-state index is 12.7. The van der Waals surface area contributed by atoms with Crippen molar-refractivity contribution < 1.29 is 14.5 Å².